The number of carbonyl (C=O) groups excluding carboxylic acids is 1. The number of hydrogen-bond acceptors (Lipinski definition) is 5. The van der Waals surface area contributed by atoms with Crippen molar-refractivity contribution in [1.29, 1.82) is 0 Å². The number of carbonyl (C=O) groups is 1. The molecule has 0 bridgehead atoms. The number of benzene rings is 1. The zero-order valence-electron chi connectivity index (χ0n) is 9.84. The van der Waals surface area contributed by atoms with Gasteiger partial charge in [0.1, 0.15) is 5.82 Å². The third kappa shape index (κ3) is 3.18. The van der Waals surface area contributed by atoms with Gasteiger partial charge in [0.05, 0.1) is 0 Å². The molecule has 2 aromatic rings. The fourth-order valence-corrected chi connectivity index (χ4v) is 1.40. The highest BCUT2D eigenvalue weighted by Gasteiger charge is 1.99. The van der Waals surface area contributed by atoms with Crippen molar-refractivity contribution in [1.82, 2.24) is 9.97 Å². The fraction of sp³-hybridized carbons (Fsp3) is 0.0833. The van der Waals surface area contributed by atoms with E-state index in [1.165, 1.54) is 6.92 Å². The number of anilines is 4. The third-order valence-corrected chi connectivity index (χ3v) is 2.14. The normalized spacial score (nSPS) is 9.83. The summed E-state index contributed by atoms with van der Waals surface area (Å²) in [4.78, 5) is 18.9. The Hall–Kier alpha value is -2.63. The minimum atomic E-state index is -0.102. The Morgan fingerprint density at radius 2 is 1.83 bits per heavy atom. The summed E-state index contributed by atoms with van der Waals surface area (Å²) in [6.45, 7) is 1.47. The number of nitrogens with zero attached hydrogens (tertiary/aromatic N) is 2. The molecule has 1 aromatic carbocycles. The first-order valence-corrected chi connectivity index (χ1v) is 5.37. The molecule has 1 amide bonds. The number of amides is 1. The van der Waals surface area contributed by atoms with Crippen LogP contribution in [-0.2, 0) is 4.79 Å². The van der Waals surface area contributed by atoms with E-state index >= 15 is 0 Å². The molecule has 4 N–H and O–H groups in total. The van der Waals surface area contributed by atoms with E-state index in [1.807, 2.05) is 12.1 Å². The van der Waals surface area contributed by atoms with Gasteiger partial charge in [0, 0.05) is 24.5 Å². The zero-order chi connectivity index (χ0) is 13.0. The molecule has 1 heterocycles. The van der Waals surface area contributed by atoms with Gasteiger partial charge in [0.15, 0.2) is 0 Å². The molecule has 92 valence electrons. The first-order valence-electron chi connectivity index (χ1n) is 5.37. The van der Waals surface area contributed by atoms with E-state index in [2.05, 4.69) is 20.6 Å². The third-order valence-electron chi connectivity index (χ3n) is 2.14. The second kappa shape index (κ2) is 5.13. The molecule has 0 unspecified atom stereocenters. The van der Waals surface area contributed by atoms with E-state index in [-0.39, 0.29) is 5.91 Å². The molecule has 0 aliphatic rings. The fourth-order valence-electron chi connectivity index (χ4n) is 1.40. The summed E-state index contributed by atoms with van der Waals surface area (Å²) in [5.41, 5.74) is 7.10. The molecule has 0 spiro atoms. The van der Waals surface area contributed by atoms with Crippen LogP contribution in [0.5, 0.6) is 0 Å². The Kier molecular flexibility index (Phi) is 3.38. The van der Waals surface area contributed by atoms with Gasteiger partial charge in [0.2, 0.25) is 11.9 Å². The van der Waals surface area contributed by atoms with Crippen molar-refractivity contribution in [2.75, 3.05) is 16.4 Å². The summed E-state index contributed by atoms with van der Waals surface area (Å²) in [6.07, 6.45) is 1.58. The SMILES string of the molecule is CC(=O)Nc1ccc(Nc2nccc(N)n2)cc1. The van der Waals surface area contributed by atoms with Gasteiger partial charge in [-0.1, -0.05) is 0 Å². The van der Waals surface area contributed by atoms with Crippen LogP contribution in [0.2, 0.25) is 0 Å². The van der Waals surface area contributed by atoms with Crippen molar-refractivity contribution in [3.05, 3.63) is 36.5 Å². The van der Waals surface area contributed by atoms with Crippen LogP contribution in [0.4, 0.5) is 23.1 Å². The number of nitrogens with one attached hydrogen (secondary N) is 2. The van der Waals surface area contributed by atoms with Gasteiger partial charge in [-0.15, -0.1) is 0 Å². The maximum absolute atomic E-state index is 10.9. The zero-order valence-corrected chi connectivity index (χ0v) is 9.84. The van der Waals surface area contributed by atoms with Gasteiger partial charge in [-0.25, -0.2) is 4.98 Å². The van der Waals surface area contributed by atoms with Gasteiger partial charge in [-0.05, 0) is 30.3 Å². The minimum Gasteiger partial charge on any atom is -0.384 e. The lowest BCUT2D eigenvalue weighted by molar-refractivity contribution is -0.114. The number of nitrogens with two attached hydrogens (primary N) is 1. The van der Waals surface area contributed by atoms with Gasteiger partial charge < -0.3 is 16.4 Å². The van der Waals surface area contributed by atoms with E-state index in [4.69, 9.17) is 5.73 Å². The van der Waals surface area contributed by atoms with E-state index in [0.29, 0.717) is 11.8 Å². The maximum Gasteiger partial charge on any atom is 0.229 e. The number of aromatic nitrogens is 2. The molecular formula is C12H13N5O. The molecule has 2 rings (SSSR count). The Labute approximate surface area is 104 Å². The van der Waals surface area contributed by atoms with Crippen molar-refractivity contribution >= 4 is 29.0 Å². The number of nitrogen functional groups attached to an aromatic ring is 1. The Balaban J connectivity index is 2.08. The number of rotatable bonds is 3. The Morgan fingerprint density at radius 1 is 1.17 bits per heavy atom. The summed E-state index contributed by atoms with van der Waals surface area (Å²) in [6, 6.07) is 8.83. The van der Waals surface area contributed by atoms with Crippen LogP contribution in [0, 0.1) is 0 Å². The minimum absolute atomic E-state index is 0.102. The van der Waals surface area contributed by atoms with Gasteiger partial charge in [-0.3, -0.25) is 4.79 Å². The first kappa shape index (κ1) is 11.8. The molecule has 0 atom stereocenters. The first-order chi connectivity index (χ1) is 8.63. The molecule has 1 aromatic heterocycles. The van der Waals surface area contributed by atoms with E-state index in [9.17, 15) is 4.79 Å². The van der Waals surface area contributed by atoms with Crippen LogP contribution in [0.3, 0.4) is 0 Å². The highest BCUT2D eigenvalue weighted by Crippen LogP contribution is 2.16. The molecule has 0 saturated heterocycles. The van der Waals surface area contributed by atoms with E-state index < -0.39 is 0 Å². The van der Waals surface area contributed by atoms with Crippen molar-refractivity contribution in [3.8, 4) is 0 Å². The Morgan fingerprint density at radius 3 is 2.44 bits per heavy atom. The van der Waals surface area contributed by atoms with Gasteiger partial charge >= 0.3 is 0 Å². The average Bonchev–Trinajstić information content (AvgIpc) is 2.31. The van der Waals surface area contributed by atoms with Crippen LogP contribution in [-0.4, -0.2) is 15.9 Å². The molecule has 0 saturated carbocycles. The molecule has 0 radical (unpaired) electrons. The second-order valence-electron chi connectivity index (χ2n) is 3.69. The summed E-state index contributed by atoms with van der Waals surface area (Å²) in [5.74, 6) is 0.736. The Bertz CT molecular complexity index is 553. The highest BCUT2D eigenvalue weighted by molar-refractivity contribution is 5.88. The van der Waals surface area contributed by atoms with Crippen LogP contribution in [0.1, 0.15) is 6.92 Å². The topological polar surface area (TPSA) is 92.9 Å². The molecule has 6 heteroatoms. The molecule has 6 nitrogen and oxygen atoms in total. The van der Waals surface area contributed by atoms with Crippen molar-refractivity contribution in [2.24, 2.45) is 0 Å². The van der Waals surface area contributed by atoms with Crippen molar-refractivity contribution in [3.63, 3.8) is 0 Å². The largest absolute Gasteiger partial charge is 0.384 e. The summed E-state index contributed by atoms with van der Waals surface area (Å²) in [5, 5.41) is 5.70. The predicted molar refractivity (Wildman–Crippen MR) is 70.5 cm³/mol. The summed E-state index contributed by atoms with van der Waals surface area (Å²) in [7, 11) is 0. The molecule has 0 fully saturated rings. The summed E-state index contributed by atoms with van der Waals surface area (Å²) >= 11 is 0. The standard InChI is InChI=1S/C12H13N5O/c1-8(18)15-9-2-4-10(5-3-9)16-12-14-7-6-11(13)17-12/h2-7H,1H3,(H,15,18)(H3,13,14,16,17). The van der Waals surface area contributed by atoms with Gasteiger partial charge in [-0.2, -0.15) is 4.98 Å². The molecule has 0 aliphatic carbocycles. The van der Waals surface area contributed by atoms with Crippen molar-refractivity contribution < 1.29 is 4.79 Å². The monoisotopic (exact) mass is 243 g/mol. The lowest BCUT2D eigenvalue weighted by atomic mass is 10.3. The van der Waals surface area contributed by atoms with Crippen molar-refractivity contribution in [2.45, 2.75) is 6.92 Å². The van der Waals surface area contributed by atoms with Gasteiger partial charge in [0.25, 0.3) is 0 Å². The smallest absolute Gasteiger partial charge is 0.229 e. The van der Waals surface area contributed by atoms with E-state index in [0.717, 1.165) is 11.4 Å². The lowest BCUT2D eigenvalue weighted by Crippen LogP contribution is -2.05. The second-order valence-corrected chi connectivity index (χ2v) is 3.69. The van der Waals surface area contributed by atoms with E-state index in [1.54, 1.807) is 24.4 Å². The van der Waals surface area contributed by atoms with Crippen LogP contribution >= 0.6 is 0 Å². The molecule has 0 aliphatic heterocycles. The molecular weight excluding hydrogens is 230 g/mol. The predicted octanol–water partition coefficient (Wildman–Crippen LogP) is 1.76. The average molecular weight is 243 g/mol. The van der Waals surface area contributed by atoms with Crippen LogP contribution in [0.15, 0.2) is 36.5 Å². The van der Waals surface area contributed by atoms with Crippen LogP contribution in [0.25, 0.3) is 0 Å². The number of hydrogen-bond donors (Lipinski definition) is 3. The summed E-state index contributed by atoms with van der Waals surface area (Å²) < 4.78 is 0. The highest BCUT2D eigenvalue weighted by atomic mass is 16.1. The lowest BCUT2D eigenvalue weighted by Gasteiger charge is -2.06. The molecule has 18 heavy (non-hydrogen) atoms. The van der Waals surface area contributed by atoms with Crippen LogP contribution < -0.4 is 16.4 Å². The maximum atomic E-state index is 10.9. The quantitative estimate of drug-likeness (QED) is 0.763.